The molecule has 0 amide bonds. The molecule has 0 aliphatic carbocycles. The molecule has 0 aliphatic rings. The van der Waals surface area contributed by atoms with E-state index in [1.165, 1.54) is 21.6 Å². The zero-order valence-electron chi connectivity index (χ0n) is 14.0. The van der Waals surface area contributed by atoms with E-state index in [2.05, 4.69) is 0 Å². The maximum atomic E-state index is 11.6. The first kappa shape index (κ1) is 21.6. The minimum absolute atomic E-state index is 0.181. The molecule has 8 heteroatoms. The highest BCUT2D eigenvalue weighted by Crippen LogP contribution is 2.58. The number of carbonyl (C=O) groups is 2. The smallest absolute Gasteiger partial charge is 0.322 e. The van der Waals surface area contributed by atoms with E-state index in [4.69, 9.17) is 16.6 Å². The Balaban J connectivity index is 5.59. The van der Waals surface area contributed by atoms with Crippen LogP contribution >= 0.6 is 21.6 Å². The van der Waals surface area contributed by atoms with Gasteiger partial charge in [-0.05, 0) is 10.8 Å². The molecule has 22 heavy (non-hydrogen) atoms. The van der Waals surface area contributed by atoms with Gasteiger partial charge in [0.05, 0.1) is 4.75 Å². The summed E-state index contributed by atoms with van der Waals surface area (Å²) < 4.78 is -0.811. The Morgan fingerprint density at radius 1 is 0.955 bits per heavy atom. The van der Waals surface area contributed by atoms with Gasteiger partial charge in [-0.2, -0.15) is 0 Å². The number of carboxylic acid groups (broad SMARTS) is 2. The van der Waals surface area contributed by atoms with Crippen molar-refractivity contribution in [1.82, 2.24) is 0 Å². The van der Waals surface area contributed by atoms with Crippen LogP contribution in [0.2, 0.25) is 0 Å². The predicted molar refractivity (Wildman–Crippen MR) is 92.9 cm³/mol. The van der Waals surface area contributed by atoms with Crippen molar-refractivity contribution < 1.29 is 19.8 Å². The van der Waals surface area contributed by atoms with Crippen LogP contribution in [0.15, 0.2) is 0 Å². The van der Waals surface area contributed by atoms with Crippen LogP contribution < -0.4 is 11.5 Å². The van der Waals surface area contributed by atoms with Crippen LogP contribution in [-0.4, -0.2) is 44.7 Å². The third-order valence-electron chi connectivity index (χ3n) is 3.69. The largest absolute Gasteiger partial charge is 0.480 e. The van der Waals surface area contributed by atoms with Crippen molar-refractivity contribution >= 4 is 33.5 Å². The summed E-state index contributed by atoms with van der Waals surface area (Å²) >= 11 is 0. The lowest BCUT2D eigenvalue weighted by Crippen LogP contribution is -2.64. The van der Waals surface area contributed by atoms with E-state index in [-0.39, 0.29) is 5.75 Å². The molecular formula is C14H28N2O4S2. The fourth-order valence-electron chi connectivity index (χ4n) is 2.81. The molecule has 0 rings (SSSR count). The van der Waals surface area contributed by atoms with Crippen molar-refractivity contribution in [3.8, 4) is 0 Å². The van der Waals surface area contributed by atoms with Crippen LogP contribution in [0.25, 0.3) is 0 Å². The second kappa shape index (κ2) is 7.42. The third kappa shape index (κ3) is 4.53. The quantitative estimate of drug-likeness (QED) is 0.513. The molecule has 130 valence electrons. The van der Waals surface area contributed by atoms with Crippen LogP contribution in [0.3, 0.4) is 0 Å². The van der Waals surface area contributed by atoms with Gasteiger partial charge in [0.15, 0.2) is 0 Å². The molecule has 0 aromatic carbocycles. The molecule has 0 aromatic rings. The van der Waals surface area contributed by atoms with E-state index in [0.717, 1.165) is 0 Å². The molecule has 0 heterocycles. The average molecular weight is 353 g/mol. The van der Waals surface area contributed by atoms with Gasteiger partial charge in [-0.25, -0.2) is 0 Å². The maximum Gasteiger partial charge on any atom is 0.322 e. The summed E-state index contributed by atoms with van der Waals surface area (Å²) in [6.45, 7) is 11.7. The molecule has 0 aromatic heterocycles. The molecule has 6 nitrogen and oxygen atoms in total. The van der Waals surface area contributed by atoms with Gasteiger partial charge in [0.1, 0.15) is 12.1 Å². The van der Waals surface area contributed by atoms with Crippen molar-refractivity contribution in [1.29, 1.82) is 0 Å². The first-order chi connectivity index (χ1) is 9.68. The van der Waals surface area contributed by atoms with Gasteiger partial charge in [-0.15, -0.1) is 0 Å². The normalized spacial score (nSPS) is 16.2. The number of hydrogen-bond acceptors (Lipinski definition) is 6. The Morgan fingerprint density at radius 3 is 1.64 bits per heavy atom. The predicted octanol–water partition coefficient (Wildman–Crippen LogP) is 2.02. The topological polar surface area (TPSA) is 127 Å². The lowest BCUT2D eigenvalue weighted by Gasteiger charge is -2.54. The zero-order chi connectivity index (χ0) is 17.9. The van der Waals surface area contributed by atoms with Gasteiger partial charge in [0, 0.05) is 5.75 Å². The van der Waals surface area contributed by atoms with E-state index < -0.39 is 39.6 Å². The fraction of sp³-hybridized carbons (Fsp3) is 0.857. The Hall–Kier alpha value is -0.440. The summed E-state index contributed by atoms with van der Waals surface area (Å²) in [6.07, 6.45) is 0. The van der Waals surface area contributed by atoms with E-state index in [1.807, 2.05) is 41.5 Å². The van der Waals surface area contributed by atoms with Crippen LogP contribution in [-0.2, 0) is 9.59 Å². The minimum Gasteiger partial charge on any atom is -0.480 e. The van der Waals surface area contributed by atoms with Gasteiger partial charge in [0.2, 0.25) is 0 Å². The van der Waals surface area contributed by atoms with Crippen molar-refractivity contribution in [2.45, 2.75) is 58.4 Å². The molecule has 0 fully saturated rings. The molecule has 0 saturated heterocycles. The molecule has 2 atom stereocenters. The number of nitrogens with two attached hydrogens (primary N) is 2. The first-order valence-electron chi connectivity index (χ1n) is 6.96. The monoisotopic (exact) mass is 352 g/mol. The number of carboxylic acids is 2. The van der Waals surface area contributed by atoms with Gasteiger partial charge in [-0.3, -0.25) is 9.59 Å². The Bertz CT molecular complexity index is 402. The second-order valence-electron chi connectivity index (χ2n) is 7.36. The maximum absolute atomic E-state index is 11.6. The number of hydrogen-bond donors (Lipinski definition) is 4. The number of aliphatic carboxylic acids is 2. The van der Waals surface area contributed by atoms with Crippen molar-refractivity contribution in [2.75, 3.05) is 5.75 Å². The van der Waals surface area contributed by atoms with Gasteiger partial charge < -0.3 is 21.7 Å². The lowest BCUT2D eigenvalue weighted by atomic mass is 9.62. The van der Waals surface area contributed by atoms with Crippen LogP contribution in [0.5, 0.6) is 0 Å². The number of rotatable bonds is 7. The fourth-order valence-corrected chi connectivity index (χ4v) is 7.07. The van der Waals surface area contributed by atoms with Gasteiger partial charge in [-0.1, -0.05) is 63.1 Å². The van der Waals surface area contributed by atoms with E-state index >= 15 is 0 Å². The molecule has 0 radical (unpaired) electrons. The molecule has 0 aliphatic heterocycles. The highest BCUT2D eigenvalue weighted by molar-refractivity contribution is 8.77. The second-order valence-corrected chi connectivity index (χ2v) is 9.95. The van der Waals surface area contributed by atoms with Gasteiger partial charge >= 0.3 is 11.9 Å². The molecule has 6 N–H and O–H groups in total. The van der Waals surface area contributed by atoms with E-state index in [0.29, 0.717) is 0 Å². The standard InChI is InChI=1S/C14H28N2O4S2/c1-12(2,3)14(13(4,5)6,9(16)11(19)20)22-21-7-8(15)10(17)18/h8-9H,7,15-16H2,1-6H3,(H,17,18)(H,19,20). The Labute approximate surface area is 140 Å². The van der Waals surface area contributed by atoms with Crippen LogP contribution in [0, 0.1) is 10.8 Å². The summed E-state index contributed by atoms with van der Waals surface area (Å²) in [5.41, 5.74) is 10.7. The van der Waals surface area contributed by atoms with Crippen LogP contribution in [0.4, 0.5) is 0 Å². The molecule has 2 unspecified atom stereocenters. The van der Waals surface area contributed by atoms with Crippen molar-refractivity contribution in [3.63, 3.8) is 0 Å². The van der Waals surface area contributed by atoms with Gasteiger partial charge in [0.25, 0.3) is 0 Å². The lowest BCUT2D eigenvalue weighted by molar-refractivity contribution is -0.141. The van der Waals surface area contributed by atoms with Crippen LogP contribution in [0.1, 0.15) is 41.5 Å². The summed E-state index contributed by atoms with van der Waals surface area (Å²) in [7, 11) is 2.60. The highest BCUT2D eigenvalue weighted by atomic mass is 33.1. The summed E-state index contributed by atoms with van der Waals surface area (Å²) in [4.78, 5) is 22.4. The Morgan fingerprint density at radius 2 is 1.36 bits per heavy atom. The Kier molecular flexibility index (Phi) is 7.27. The third-order valence-corrected chi connectivity index (χ3v) is 7.59. The minimum atomic E-state index is -1.09. The summed E-state index contributed by atoms with van der Waals surface area (Å²) in [5.74, 6) is -1.96. The molecule has 0 spiro atoms. The SMILES string of the molecule is CC(C)(C)C(SSCC(N)C(=O)O)(C(N)C(=O)O)C(C)(C)C. The molecule has 0 bridgehead atoms. The molecular weight excluding hydrogens is 324 g/mol. The zero-order valence-corrected chi connectivity index (χ0v) is 15.7. The summed E-state index contributed by atoms with van der Waals surface area (Å²) in [5, 5.41) is 18.3. The van der Waals surface area contributed by atoms with E-state index in [9.17, 15) is 14.7 Å². The first-order valence-corrected chi connectivity index (χ1v) is 9.27. The summed E-state index contributed by atoms with van der Waals surface area (Å²) in [6, 6.07) is -2.08. The van der Waals surface area contributed by atoms with Crippen molar-refractivity contribution in [3.05, 3.63) is 0 Å². The molecule has 0 saturated carbocycles. The van der Waals surface area contributed by atoms with E-state index in [1.54, 1.807) is 0 Å². The average Bonchev–Trinajstić information content (AvgIpc) is 2.29. The highest BCUT2D eigenvalue weighted by Gasteiger charge is 2.57. The van der Waals surface area contributed by atoms with Crippen molar-refractivity contribution in [2.24, 2.45) is 22.3 Å².